The summed E-state index contributed by atoms with van der Waals surface area (Å²) in [5, 5.41) is 0. The van der Waals surface area contributed by atoms with Gasteiger partial charge in [0.15, 0.2) is 5.78 Å². The average Bonchev–Trinajstić information content (AvgIpc) is 3.40. The van der Waals surface area contributed by atoms with Gasteiger partial charge in [0.1, 0.15) is 0 Å². The molecular weight excluding hydrogens is 410 g/mol. The lowest BCUT2D eigenvalue weighted by atomic mass is 10.0. The van der Waals surface area contributed by atoms with Crippen LogP contribution in [0.25, 0.3) is 6.20 Å². The van der Waals surface area contributed by atoms with E-state index in [4.69, 9.17) is 4.74 Å². The van der Waals surface area contributed by atoms with E-state index in [2.05, 4.69) is 6.92 Å². The molecule has 0 unspecified atom stereocenters. The van der Waals surface area contributed by atoms with Gasteiger partial charge in [0.25, 0.3) is 0 Å². The Hall–Kier alpha value is -1.84. The van der Waals surface area contributed by atoms with Crippen molar-refractivity contribution < 1.29 is 14.3 Å². The fraction of sp³-hybridized carbons (Fsp3) is 0.724. The van der Waals surface area contributed by atoms with Crippen molar-refractivity contribution in [3.63, 3.8) is 0 Å². The van der Waals surface area contributed by atoms with Gasteiger partial charge in [-0.05, 0) is 19.4 Å². The molecule has 0 aliphatic carbocycles. The molecule has 0 atom stereocenters. The number of ether oxygens (including phenoxy) is 1. The number of allylic oxidation sites excluding steroid dienone is 1. The minimum atomic E-state index is -0.237. The van der Waals surface area contributed by atoms with Crippen LogP contribution >= 0.6 is 0 Å². The summed E-state index contributed by atoms with van der Waals surface area (Å²) in [5.74, 6) is -0.0215. The third kappa shape index (κ3) is 10.3. The Kier molecular flexibility index (Phi) is 13.9. The van der Waals surface area contributed by atoms with Crippen molar-refractivity contribution in [2.75, 3.05) is 6.61 Å². The second-order valence-corrected chi connectivity index (χ2v) is 9.56. The van der Waals surface area contributed by atoms with Gasteiger partial charge in [0, 0.05) is 36.0 Å². The van der Waals surface area contributed by atoms with E-state index in [1.807, 2.05) is 29.8 Å². The molecule has 1 aliphatic rings. The van der Waals surface area contributed by atoms with Gasteiger partial charge in [-0.2, -0.15) is 0 Å². The zero-order valence-electron chi connectivity index (χ0n) is 21.3. The quantitative estimate of drug-likeness (QED) is 0.113. The average molecular weight is 458 g/mol. The van der Waals surface area contributed by atoms with Gasteiger partial charge < -0.3 is 9.30 Å². The minimum absolute atomic E-state index is 0.215. The standard InChI is InChI=1S/C29H47NO3/c1-3-5-6-7-8-9-10-11-12-13-14-15-16-17-18-21-28(31)26-23-25(24-29(32)33-4-2)30-22-19-20-27(26)30/h19,22-23H,3-18,20-21,24H2,1-2H3. The second kappa shape index (κ2) is 16.7. The molecule has 33 heavy (non-hydrogen) atoms. The summed E-state index contributed by atoms with van der Waals surface area (Å²) < 4.78 is 7.07. The molecule has 0 N–H and O–H groups in total. The van der Waals surface area contributed by atoms with Crippen LogP contribution in [-0.4, -0.2) is 22.9 Å². The summed E-state index contributed by atoms with van der Waals surface area (Å²) in [6, 6.07) is 1.91. The lowest BCUT2D eigenvalue weighted by Gasteiger charge is -2.04. The van der Waals surface area contributed by atoms with Crippen LogP contribution in [0.1, 0.15) is 138 Å². The molecule has 1 aliphatic heterocycles. The summed E-state index contributed by atoms with van der Waals surface area (Å²) in [6.07, 6.45) is 25.5. The zero-order chi connectivity index (χ0) is 23.7. The van der Waals surface area contributed by atoms with E-state index in [1.54, 1.807) is 0 Å². The zero-order valence-corrected chi connectivity index (χ0v) is 21.3. The van der Waals surface area contributed by atoms with Crippen molar-refractivity contribution in [3.05, 3.63) is 29.1 Å². The van der Waals surface area contributed by atoms with Crippen LogP contribution in [-0.2, 0) is 22.4 Å². The number of hydrogen-bond acceptors (Lipinski definition) is 3. The topological polar surface area (TPSA) is 48.3 Å². The number of fused-ring (bicyclic) bond motifs is 1. The SMILES string of the molecule is CCCCCCCCCCCCCCCCCC(=O)c1cc(CC(=O)OCC)n2c1CC=C2. The van der Waals surface area contributed by atoms with Crippen LogP contribution in [0.2, 0.25) is 0 Å². The number of aromatic nitrogens is 1. The predicted octanol–water partition coefficient (Wildman–Crippen LogP) is 8.06. The Labute approximate surface area is 202 Å². The summed E-state index contributed by atoms with van der Waals surface area (Å²) in [6.45, 7) is 4.47. The molecule has 0 fully saturated rings. The number of esters is 1. The van der Waals surface area contributed by atoms with E-state index in [-0.39, 0.29) is 18.2 Å². The Morgan fingerprint density at radius 3 is 1.91 bits per heavy atom. The van der Waals surface area contributed by atoms with E-state index in [0.29, 0.717) is 13.0 Å². The molecule has 1 aromatic rings. The molecule has 2 heterocycles. The lowest BCUT2D eigenvalue weighted by Crippen LogP contribution is -2.09. The highest BCUT2D eigenvalue weighted by Crippen LogP contribution is 2.25. The lowest BCUT2D eigenvalue weighted by molar-refractivity contribution is -0.142. The highest BCUT2D eigenvalue weighted by Gasteiger charge is 2.22. The van der Waals surface area contributed by atoms with Crippen LogP contribution in [0.3, 0.4) is 0 Å². The summed E-state index contributed by atoms with van der Waals surface area (Å²) >= 11 is 0. The fourth-order valence-corrected chi connectivity index (χ4v) is 4.82. The summed E-state index contributed by atoms with van der Waals surface area (Å²) in [4.78, 5) is 24.7. The molecule has 4 heteroatoms. The van der Waals surface area contributed by atoms with Gasteiger partial charge in [-0.3, -0.25) is 9.59 Å². The van der Waals surface area contributed by atoms with Gasteiger partial charge in [0.05, 0.1) is 13.0 Å². The van der Waals surface area contributed by atoms with Gasteiger partial charge in [0.2, 0.25) is 0 Å². The van der Waals surface area contributed by atoms with Gasteiger partial charge >= 0.3 is 5.97 Å². The molecule has 1 aromatic heterocycles. The van der Waals surface area contributed by atoms with E-state index in [1.165, 1.54) is 83.5 Å². The van der Waals surface area contributed by atoms with Crippen molar-refractivity contribution in [1.29, 1.82) is 0 Å². The number of unbranched alkanes of at least 4 members (excludes halogenated alkanes) is 14. The third-order valence-corrected chi connectivity index (χ3v) is 6.73. The van der Waals surface area contributed by atoms with Crippen LogP contribution in [0.15, 0.2) is 12.1 Å². The molecule has 0 aromatic carbocycles. The Bertz CT molecular complexity index is 731. The van der Waals surface area contributed by atoms with E-state index in [0.717, 1.165) is 36.2 Å². The molecule has 0 amide bonds. The first-order valence-electron chi connectivity index (χ1n) is 13.8. The molecular formula is C29H47NO3. The van der Waals surface area contributed by atoms with Crippen molar-refractivity contribution in [2.45, 2.75) is 129 Å². The van der Waals surface area contributed by atoms with Crippen LogP contribution < -0.4 is 0 Å². The van der Waals surface area contributed by atoms with E-state index < -0.39 is 0 Å². The molecule has 2 rings (SSSR count). The number of carbonyl (C=O) groups is 2. The molecule has 0 saturated carbocycles. The number of ketones is 1. The van der Waals surface area contributed by atoms with Crippen molar-refractivity contribution in [3.8, 4) is 0 Å². The highest BCUT2D eigenvalue weighted by molar-refractivity contribution is 5.98. The molecule has 186 valence electrons. The second-order valence-electron chi connectivity index (χ2n) is 9.56. The van der Waals surface area contributed by atoms with Crippen LogP contribution in [0.4, 0.5) is 0 Å². The van der Waals surface area contributed by atoms with Gasteiger partial charge in [-0.1, -0.05) is 103 Å². The summed E-state index contributed by atoms with van der Waals surface area (Å²) in [5.41, 5.74) is 2.68. The third-order valence-electron chi connectivity index (χ3n) is 6.73. The predicted molar refractivity (Wildman–Crippen MR) is 138 cm³/mol. The van der Waals surface area contributed by atoms with E-state index in [9.17, 15) is 9.59 Å². The number of hydrogen-bond donors (Lipinski definition) is 0. The maximum Gasteiger partial charge on any atom is 0.311 e. The van der Waals surface area contributed by atoms with Crippen molar-refractivity contribution in [1.82, 2.24) is 4.57 Å². The van der Waals surface area contributed by atoms with Crippen molar-refractivity contribution >= 4 is 18.0 Å². The maximum absolute atomic E-state index is 12.8. The van der Waals surface area contributed by atoms with Gasteiger partial charge in [-0.15, -0.1) is 0 Å². The molecule has 0 bridgehead atoms. The van der Waals surface area contributed by atoms with Gasteiger partial charge in [-0.25, -0.2) is 0 Å². The molecule has 0 spiro atoms. The largest absolute Gasteiger partial charge is 0.466 e. The Morgan fingerprint density at radius 1 is 0.818 bits per heavy atom. The summed E-state index contributed by atoms with van der Waals surface area (Å²) in [7, 11) is 0. The number of Topliss-reactive ketones (excluding diaryl/α,β-unsaturated/α-hetero) is 1. The first kappa shape index (κ1) is 27.4. The Balaban J connectivity index is 1.52. The minimum Gasteiger partial charge on any atom is -0.466 e. The fourth-order valence-electron chi connectivity index (χ4n) is 4.82. The maximum atomic E-state index is 12.8. The monoisotopic (exact) mass is 457 g/mol. The smallest absolute Gasteiger partial charge is 0.311 e. The molecule has 0 saturated heterocycles. The van der Waals surface area contributed by atoms with Crippen LogP contribution in [0, 0.1) is 0 Å². The first-order valence-corrected chi connectivity index (χ1v) is 13.8. The number of carbonyl (C=O) groups excluding carboxylic acids is 2. The van der Waals surface area contributed by atoms with Crippen molar-refractivity contribution in [2.24, 2.45) is 0 Å². The van der Waals surface area contributed by atoms with Crippen LogP contribution in [0.5, 0.6) is 0 Å². The Morgan fingerprint density at radius 2 is 1.36 bits per heavy atom. The number of nitrogens with zero attached hydrogens (tertiary/aromatic N) is 1. The molecule has 4 nitrogen and oxygen atoms in total. The number of rotatable bonds is 20. The molecule has 0 radical (unpaired) electrons. The highest BCUT2D eigenvalue weighted by atomic mass is 16.5. The first-order chi connectivity index (χ1) is 16.2. The normalized spacial score (nSPS) is 12.3. The van der Waals surface area contributed by atoms with E-state index >= 15 is 0 Å².